The summed E-state index contributed by atoms with van der Waals surface area (Å²) in [7, 11) is 0. The molecule has 1 aliphatic rings. The summed E-state index contributed by atoms with van der Waals surface area (Å²) in [6.07, 6.45) is 4.55. The number of aryl methyl sites for hydroxylation is 1. The maximum atomic E-state index is 6.35. The van der Waals surface area contributed by atoms with Gasteiger partial charge in [-0.15, -0.1) is 0 Å². The van der Waals surface area contributed by atoms with Crippen molar-refractivity contribution in [2.24, 2.45) is 11.1 Å². The average molecular weight is 278 g/mol. The summed E-state index contributed by atoms with van der Waals surface area (Å²) in [5, 5.41) is 0. The second-order valence-electron chi connectivity index (χ2n) is 6.96. The Labute approximate surface area is 123 Å². The van der Waals surface area contributed by atoms with E-state index in [-0.39, 0.29) is 6.04 Å². The fourth-order valence-electron chi connectivity index (χ4n) is 3.32. The van der Waals surface area contributed by atoms with Crippen LogP contribution >= 0.6 is 0 Å². The summed E-state index contributed by atoms with van der Waals surface area (Å²) in [6.45, 7) is 11.7. The lowest BCUT2D eigenvalue weighted by Crippen LogP contribution is -2.30. The van der Waals surface area contributed by atoms with Gasteiger partial charge in [0.1, 0.15) is 0 Å². The molecule has 0 fully saturated rings. The van der Waals surface area contributed by atoms with Crippen LogP contribution in [0.4, 0.5) is 0 Å². The highest BCUT2D eigenvalue weighted by atomic mass is 16.5. The van der Waals surface area contributed by atoms with Crippen molar-refractivity contribution < 1.29 is 4.74 Å². The van der Waals surface area contributed by atoms with E-state index in [9.17, 15) is 0 Å². The molecule has 114 valence electrons. The van der Waals surface area contributed by atoms with Gasteiger partial charge in [-0.2, -0.15) is 0 Å². The number of aromatic nitrogens is 1. The Morgan fingerprint density at radius 2 is 2.15 bits per heavy atom. The van der Waals surface area contributed by atoms with E-state index in [1.807, 2.05) is 0 Å². The van der Waals surface area contributed by atoms with E-state index in [4.69, 9.17) is 10.5 Å². The van der Waals surface area contributed by atoms with Gasteiger partial charge in [0.15, 0.2) is 0 Å². The van der Waals surface area contributed by atoms with Crippen LogP contribution in [0, 0.1) is 12.3 Å². The lowest BCUT2D eigenvalue weighted by molar-refractivity contribution is 0.122. The molecule has 1 aromatic rings. The molecule has 3 nitrogen and oxygen atoms in total. The first-order valence-corrected chi connectivity index (χ1v) is 7.97. The van der Waals surface area contributed by atoms with Crippen LogP contribution in [0.15, 0.2) is 6.07 Å². The van der Waals surface area contributed by atoms with Crippen molar-refractivity contribution in [2.75, 3.05) is 13.2 Å². The number of nitrogens with zero attached hydrogens (tertiary/aromatic N) is 1. The Hall–Kier alpha value is -0.800. The topological polar surface area (TPSA) is 40.2 Å². The van der Waals surface area contributed by atoms with Gasteiger partial charge in [-0.25, -0.2) is 0 Å². The van der Waals surface area contributed by atoms with Crippen LogP contribution in [-0.2, 0) is 17.7 Å². The zero-order valence-corrected chi connectivity index (χ0v) is 13.5. The normalized spacial score (nSPS) is 20.9. The smallest absolute Gasteiger partial charge is 0.0645 e. The highest BCUT2D eigenvalue weighted by Crippen LogP contribution is 2.40. The fraction of sp³-hybridized carbons (Fsp3) is 0.765. The molecule has 2 rings (SSSR count). The highest BCUT2D eigenvalue weighted by molar-refractivity contribution is 5.34. The van der Waals surface area contributed by atoms with Crippen molar-refractivity contribution in [3.8, 4) is 0 Å². The van der Waals surface area contributed by atoms with Gasteiger partial charge in [0.25, 0.3) is 0 Å². The van der Waals surface area contributed by atoms with E-state index in [1.165, 1.54) is 23.4 Å². The fourth-order valence-corrected chi connectivity index (χ4v) is 3.32. The highest BCUT2D eigenvalue weighted by Gasteiger charge is 2.33. The summed E-state index contributed by atoms with van der Waals surface area (Å²) in [5.74, 6) is 0. The molecule has 0 amide bonds. The maximum absolute atomic E-state index is 6.35. The van der Waals surface area contributed by atoms with Gasteiger partial charge in [0, 0.05) is 30.6 Å². The van der Waals surface area contributed by atoms with E-state index in [1.54, 1.807) is 0 Å². The second kappa shape index (κ2) is 6.31. The van der Waals surface area contributed by atoms with Gasteiger partial charge in [0.2, 0.25) is 0 Å². The van der Waals surface area contributed by atoms with E-state index < -0.39 is 0 Å². The van der Waals surface area contributed by atoms with E-state index >= 15 is 0 Å². The van der Waals surface area contributed by atoms with Crippen molar-refractivity contribution in [1.82, 2.24) is 4.57 Å². The Bertz CT molecular complexity index is 448. The molecule has 0 saturated carbocycles. The van der Waals surface area contributed by atoms with Crippen LogP contribution in [0.1, 0.15) is 63.0 Å². The summed E-state index contributed by atoms with van der Waals surface area (Å²) >= 11 is 0. The molecule has 0 bridgehead atoms. The molecule has 3 heteroatoms. The Morgan fingerprint density at radius 3 is 2.85 bits per heavy atom. The number of rotatable bonds is 6. The number of nitrogens with two attached hydrogens (primary N) is 1. The molecule has 1 aliphatic carbocycles. The molecule has 0 aliphatic heterocycles. The predicted molar refractivity (Wildman–Crippen MR) is 83.9 cm³/mol. The van der Waals surface area contributed by atoms with Crippen LogP contribution in [0.2, 0.25) is 0 Å². The molecule has 1 atom stereocenters. The summed E-state index contributed by atoms with van der Waals surface area (Å²) in [6, 6.07) is 2.47. The van der Waals surface area contributed by atoms with Gasteiger partial charge in [-0.05, 0) is 43.2 Å². The molecular formula is C17H30N2O. The minimum absolute atomic E-state index is 0.190. The van der Waals surface area contributed by atoms with Crippen LogP contribution in [-0.4, -0.2) is 17.8 Å². The lowest BCUT2D eigenvalue weighted by atomic mass is 9.74. The quantitative estimate of drug-likeness (QED) is 0.808. The molecule has 1 heterocycles. The standard InChI is InChI=1S/C17H30N2O/c1-5-6-8-20-9-7-19-13(2)10-14-15(18)11-17(3,4)12-16(14)19/h10,15H,5-9,11-12,18H2,1-4H3. The van der Waals surface area contributed by atoms with Gasteiger partial charge < -0.3 is 15.0 Å². The van der Waals surface area contributed by atoms with E-state index in [2.05, 4.69) is 38.3 Å². The number of ether oxygens (including phenoxy) is 1. The van der Waals surface area contributed by atoms with Crippen molar-refractivity contribution in [3.05, 3.63) is 23.0 Å². The Morgan fingerprint density at radius 1 is 1.40 bits per heavy atom. The van der Waals surface area contributed by atoms with Crippen LogP contribution < -0.4 is 5.73 Å². The second-order valence-corrected chi connectivity index (χ2v) is 6.96. The zero-order valence-electron chi connectivity index (χ0n) is 13.5. The minimum Gasteiger partial charge on any atom is -0.380 e. The monoisotopic (exact) mass is 278 g/mol. The first kappa shape index (κ1) is 15.6. The van der Waals surface area contributed by atoms with Gasteiger partial charge in [-0.1, -0.05) is 27.2 Å². The molecule has 0 saturated heterocycles. The molecule has 1 aromatic heterocycles. The van der Waals surface area contributed by atoms with Crippen molar-refractivity contribution >= 4 is 0 Å². The number of fused-ring (bicyclic) bond motifs is 1. The largest absolute Gasteiger partial charge is 0.380 e. The summed E-state index contributed by atoms with van der Waals surface area (Å²) < 4.78 is 8.14. The number of hydrogen-bond acceptors (Lipinski definition) is 2. The van der Waals surface area contributed by atoms with Gasteiger partial charge in [-0.3, -0.25) is 0 Å². The van der Waals surface area contributed by atoms with E-state index in [0.717, 1.165) is 39.0 Å². The molecule has 2 N–H and O–H groups in total. The Kier molecular flexibility index (Phi) is 4.92. The molecule has 20 heavy (non-hydrogen) atoms. The minimum atomic E-state index is 0.190. The number of unbranched alkanes of at least 4 members (excludes halogenated alkanes) is 1. The van der Waals surface area contributed by atoms with Crippen LogP contribution in [0.25, 0.3) is 0 Å². The molecule has 1 unspecified atom stereocenters. The number of hydrogen-bond donors (Lipinski definition) is 1. The van der Waals surface area contributed by atoms with Gasteiger partial charge in [0.05, 0.1) is 6.61 Å². The van der Waals surface area contributed by atoms with Crippen molar-refractivity contribution in [1.29, 1.82) is 0 Å². The molecule has 0 aromatic carbocycles. The lowest BCUT2D eigenvalue weighted by Gasteiger charge is -2.34. The molecule has 0 spiro atoms. The summed E-state index contributed by atoms with van der Waals surface area (Å²) in [5.41, 5.74) is 10.8. The molecular weight excluding hydrogens is 248 g/mol. The van der Waals surface area contributed by atoms with E-state index in [0.29, 0.717) is 5.41 Å². The van der Waals surface area contributed by atoms with Crippen molar-refractivity contribution in [2.45, 2.75) is 66.0 Å². The third-order valence-corrected chi connectivity index (χ3v) is 4.37. The first-order chi connectivity index (χ1) is 9.44. The first-order valence-electron chi connectivity index (χ1n) is 7.97. The third kappa shape index (κ3) is 3.44. The third-order valence-electron chi connectivity index (χ3n) is 4.37. The predicted octanol–water partition coefficient (Wildman–Crippen LogP) is 3.59. The van der Waals surface area contributed by atoms with Crippen LogP contribution in [0.3, 0.4) is 0 Å². The molecule has 0 radical (unpaired) electrons. The summed E-state index contributed by atoms with van der Waals surface area (Å²) in [4.78, 5) is 0. The average Bonchev–Trinajstić information content (AvgIpc) is 2.65. The maximum Gasteiger partial charge on any atom is 0.0645 e. The van der Waals surface area contributed by atoms with Crippen LogP contribution in [0.5, 0.6) is 0 Å². The zero-order chi connectivity index (χ0) is 14.8. The van der Waals surface area contributed by atoms with Crippen molar-refractivity contribution in [3.63, 3.8) is 0 Å². The Balaban J connectivity index is 2.07. The SMILES string of the molecule is CCCCOCCn1c(C)cc2c1CC(C)(C)CC2N. The van der Waals surface area contributed by atoms with Gasteiger partial charge >= 0.3 is 0 Å².